The number of carbonyl (C=O) groups is 2. The minimum atomic E-state index is -1.38. The zero-order valence-electron chi connectivity index (χ0n) is 15.0. The topological polar surface area (TPSA) is 119 Å². The minimum Gasteiger partial charge on any atom is -0.434 e. The smallest absolute Gasteiger partial charge is 0.405 e. The number of nitrogens with one attached hydrogen (secondary N) is 1. The van der Waals surface area contributed by atoms with Crippen molar-refractivity contribution in [3.63, 3.8) is 0 Å². The van der Waals surface area contributed by atoms with Gasteiger partial charge in [-0.2, -0.15) is 5.10 Å². The molecule has 1 heterocycles. The van der Waals surface area contributed by atoms with E-state index in [2.05, 4.69) is 15.2 Å². The van der Waals surface area contributed by atoms with Crippen LogP contribution in [0.1, 0.15) is 11.1 Å². The van der Waals surface area contributed by atoms with Crippen molar-refractivity contribution >= 4 is 28.6 Å². The highest BCUT2D eigenvalue weighted by Gasteiger charge is 2.22. The Hall–Kier alpha value is -3.39. The first-order valence-electron chi connectivity index (χ1n) is 8.32. The number of ether oxygens (including phenoxy) is 1. The molecular weight excluding hydrogens is 348 g/mol. The Kier molecular flexibility index (Phi) is 5.09. The summed E-state index contributed by atoms with van der Waals surface area (Å²) < 4.78 is 6.39. The van der Waals surface area contributed by atoms with Crippen LogP contribution in [0, 0.1) is 13.8 Å². The second-order valence-electron chi connectivity index (χ2n) is 6.22. The van der Waals surface area contributed by atoms with E-state index in [9.17, 15) is 14.7 Å². The Bertz CT molecular complexity index is 1010. The van der Waals surface area contributed by atoms with Gasteiger partial charge in [0.1, 0.15) is 0 Å². The molecule has 1 aromatic heterocycles. The lowest BCUT2D eigenvalue weighted by atomic mass is 10.1. The van der Waals surface area contributed by atoms with E-state index in [-0.39, 0.29) is 0 Å². The third kappa shape index (κ3) is 3.90. The third-order valence-electron chi connectivity index (χ3n) is 4.13. The summed E-state index contributed by atoms with van der Waals surface area (Å²) in [5.41, 5.74) is 9.05. The standard InChI is InChI=1S/C19H20N4O4/c1-11-4-3-5-14(6-11)23-16-8-15(12(2)7-13(16)9-21-23)22-18(25)17(10-24)27-19(20)26/h3-9,17,24H,10H2,1-2H3,(H2,20,26)(H,22,25). The summed E-state index contributed by atoms with van der Waals surface area (Å²) in [5, 5.41) is 17.3. The second kappa shape index (κ2) is 7.46. The molecule has 2 aromatic carbocycles. The van der Waals surface area contributed by atoms with Crippen LogP contribution in [0.3, 0.4) is 0 Å². The van der Waals surface area contributed by atoms with Crippen LogP contribution < -0.4 is 11.1 Å². The van der Waals surface area contributed by atoms with Gasteiger partial charge < -0.3 is 20.9 Å². The predicted octanol–water partition coefficient (Wildman–Crippen LogP) is 2.04. The predicted molar refractivity (Wildman–Crippen MR) is 101 cm³/mol. The van der Waals surface area contributed by atoms with Gasteiger partial charge in [-0.15, -0.1) is 0 Å². The molecule has 8 heteroatoms. The van der Waals surface area contributed by atoms with Crippen LogP contribution in [0.4, 0.5) is 10.5 Å². The van der Waals surface area contributed by atoms with Crippen LogP contribution in [0.15, 0.2) is 42.6 Å². The zero-order chi connectivity index (χ0) is 19.6. The molecule has 27 heavy (non-hydrogen) atoms. The van der Waals surface area contributed by atoms with Crippen molar-refractivity contribution in [1.82, 2.24) is 9.78 Å². The molecule has 0 bridgehead atoms. The number of nitrogens with two attached hydrogens (primary N) is 1. The molecule has 4 N–H and O–H groups in total. The van der Waals surface area contributed by atoms with Crippen LogP contribution in [-0.4, -0.2) is 39.6 Å². The van der Waals surface area contributed by atoms with Crippen LogP contribution >= 0.6 is 0 Å². The van der Waals surface area contributed by atoms with Crippen LogP contribution in [0.2, 0.25) is 0 Å². The molecular formula is C19H20N4O4. The van der Waals surface area contributed by atoms with Crippen molar-refractivity contribution < 1.29 is 19.4 Å². The average molecular weight is 368 g/mol. The van der Waals surface area contributed by atoms with Gasteiger partial charge in [-0.3, -0.25) is 4.79 Å². The fraction of sp³-hybridized carbons (Fsp3) is 0.211. The van der Waals surface area contributed by atoms with Crippen LogP contribution in [0.25, 0.3) is 16.6 Å². The molecule has 0 saturated carbocycles. The van der Waals surface area contributed by atoms with Gasteiger partial charge in [0.15, 0.2) is 0 Å². The summed E-state index contributed by atoms with van der Waals surface area (Å²) in [4.78, 5) is 23.1. The summed E-state index contributed by atoms with van der Waals surface area (Å²) in [6.07, 6.45) is -0.753. The first-order valence-corrected chi connectivity index (χ1v) is 8.32. The Morgan fingerprint density at radius 2 is 2.07 bits per heavy atom. The third-order valence-corrected chi connectivity index (χ3v) is 4.13. The van der Waals surface area contributed by atoms with E-state index < -0.39 is 24.7 Å². The van der Waals surface area contributed by atoms with Gasteiger partial charge in [0.05, 0.1) is 24.0 Å². The molecule has 0 fully saturated rings. The van der Waals surface area contributed by atoms with Crippen LogP contribution in [0.5, 0.6) is 0 Å². The molecule has 1 atom stereocenters. The van der Waals surface area contributed by atoms with Crippen molar-refractivity contribution in [2.24, 2.45) is 5.73 Å². The van der Waals surface area contributed by atoms with Gasteiger partial charge in [0.25, 0.3) is 5.91 Å². The molecule has 8 nitrogen and oxygen atoms in total. The lowest BCUT2D eigenvalue weighted by Crippen LogP contribution is -2.37. The average Bonchev–Trinajstić information content (AvgIpc) is 3.02. The number of fused-ring (bicyclic) bond motifs is 1. The van der Waals surface area contributed by atoms with E-state index in [4.69, 9.17) is 5.73 Å². The monoisotopic (exact) mass is 368 g/mol. The van der Waals surface area contributed by atoms with Crippen molar-refractivity contribution in [2.45, 2.75) is 20.0 Å². The Morgan fingerprint density at radius 1 is 1.30 bits per heavy atom. The molecule has 3 aromatic rings. The normalized spacial score (nSPS) is 12.0. The largest absolute Gasteiger partial charge is 0.434 e. The van der Waals surface area contributed by atoms with Gasteiger partial charge >= 0.3 is 6.09 Å². The Balaban J connectivity index is 1.97. The highest BCUT2D eigenvalue weighted by molar-refractivity contribution is 5.98. The number of rotatable bonds is 5. The molecule has 0 aliphatic heterocycles. The number of aliphatic hydroxyl groups is 1. The van der Waals surface area contributed by atoms with E-state index in [1.54, 1.807) is 16.9 Å². The molecule has 3 rings (SSSR count). The second-order valence-corrected chi connectivity index (χ2v) is 6.22. The van der Waals surface area contributed by atoms with Gasteiger partial charge in [-0.1, -0.05) is 12.1 Å². The van der Waals surface area contributed by atoms with Gasteiger partial charge in [0, 0.05) is 11.1 Å². The van der Waals surface area contributed by atoms with Crippen molar-refractivity contribution in [2.75, 3.05) is 11.9 Å². The molecule has 2 amide bonds. The summed E-state index contributed by atoms with van der Waals surface area (Å²) in [7, 11) is 0. The minimum absolute atomic E-state index is 0.522. The number of benzene rings is 2. The molecule has 0 radical (unpaired) electrons. The molecule has 0 spiro atoms. The van der Waals surface area contributed by atoms with E-state index >= 15 is 0 Å². The first kappa shape index (κ1) is 18.4. The summed E-state index contributed by atoms with van der Waals surface area (Å²) in [6, 6.07) is 11.6. The maximum absolute atomic E-state index is 12.3. The van der Waals surface area contributed by atoms with E-state index in [0.29, 0.717) is 5.69 Å². The molecule has 0 saturated heterocycles. The van der Waals surface area contributed by atoms with Crippen LogP contribution in [-0.2, 0) is 9.53 Å². The first-order chi connectivity index (χ1) is 12.9. The van der Waals surface area contributed by atoms with E-state index in [0.717, 1.165) is 27.7 Å². The number of carbonyl (C=O) groups excluding carboxylic acids is 2. The summed E-state index contributed by atoms with van der Waals surface area (Å²) in [6.45, 7) is 3.16. The maximum atomic E-state index is 12.3. The molecule has 0 aliphatic carbocycles. The number of hydrogen-bond acceptors (Lipinski definition) is 5. The fourth-order valence-corrected chi connectivity index (χ4v) is 2.82. The molecule has 1 unspecified atom stereocenters. The highest BCUT2D eigenvalue weighted by atomic mass is 16.6. The number of nitrogens with zero attached hydrogens (tertiary/aromatic N) is 2. The Morgan fingerprint density at radius 3 is 2.74 bits per heavy atom. The number of amides is 2. The molecule has 140 valence electrons. The quantitative estimate of drug-likeness (QED) is 0.637. The molecule has 0 aliphatic rings. The van der Waals surface area contributed by atoms with E-state index in [1.165, 1.54) is 0 Å². The number of aromatic nitrogens is 2. The fourth-order valence-electron chi connectivity index (χ4n) is 2.82. The number of primary amides is 1. The summed E-state index contributed by atoms with van der Waals surface area (Å²) >= 11 is 0. The SMILES string of the molecule is Cc1cccc(-n2ncc3cc(C)c(NC(=O)C(CO)OC(N)=O)cc32)c1. The lowest BCUT2D eigenvalue weighted by Gasteiger charge is -2.15. The number of aliphatic hydroxyl groups excluding tert-OH is 1. The van der Waals surface area contributed by atoms with Gasteiger partial charge in [-0.25, -0.2) is 9.48 Å². The Labute approximate surface area is 155 Å². The van der Waals surface area contributed by atoms with Crippen molar-refractivity contribution in [1.29, 1.82) is 0 Å². The number of hydrogen-bond donors (Lipinski definition) is 3. The van der Waals surface area contributed by atoms with E-state index in [1.807, 2.05) is 44.2 Å². The lowest BCUT2D eigenvalue weighted by molar-refractivity contribution is -0.125. The van der Waals surface area contributed by atoms with Gasteiger partial charge in [-0.05, 0) is 49.2 Å². The van der Waals surface area contributed by atoms with Gasteiger partial charge in [0.2, 0.25) is 6.10 Å². The number of anilines is 1. The van der Waals surface area contributed by atoms with Crippen molar-refractivity contribution in [3.8, 4) is 5.69 Å². The zero-order valence-corrected chi connectivity index (χ0v) is 15.0. The van der Waals surface area contributed by atoms with Crippen molar-refractivity contribution in [3.05, 3.63) is 53.7 Å². The highest BCUT2D eigenvalue weighted by Crippen LogP contribution is 2.26. The maximum Gasteiger partial charge on any atom is 0.405 e. The summed E-state index contributed by atoms with van der Waals surface area (Å²) in [5.74, 6) is -0.666. The number of aryl methyl sites for hydroxylation is 2.